The van der Waals surface area contributed by atoms with E-state index in [2.05, 4.69) is 98.1 Å². The van der Waals surface area contributed by atoms with Crippen LogP contribution in [0.1, 0.15) is 20.9 Å². The van der Waals surface area contributed by atoms with Crippen molar-refractivity contribution < 1.29 is 14.5 Å². The summed E-state index contributed by atoms with van der Waals surface area (Å²) in [5, 5.41) is 10.3. The molecule has 1 heterocycles. The summed E-state index contributed by atoms with van der Waals surface area (Å²) in [6.45, 7) is 0. The lowest BCUT2D eigenvalue weighted by Gasteiger charge is -2.27. The minimum absolute atomic E-state index is 0.304. The molecule has 0 fully saturated rings. The SMILES string of the molecule is CN(C)c1ccc(N(c2ccc(/C=C/C=C/c3sc4cc(C(=O)O)ccc4[n+]3C)cc2)c2ccc(N(C)C)cc2)cc1. The Hall–Kier alpha value is -4.88. The van der Waals surface area contributed by atoms with E-state index in [-0.39, 0.29) is 0 Å². The van der Waals surface area contributed by atoms with Crippen LogP contribution < -0.4 is 19.3 Å². The molecule has 0 unspecified atom stereocenters. The Bertz CT molecular complexity index is 1700. The fourth-order valence-corrected chi connectivity index (χ4v) is 5.84. The molecule has 0 saturated heterocycles. The maximum Gasteiger partial charge on any atom is 0.335 e. The van der Waals surface area contributed by atoms with Crippen molar-refractivity contribution in [3.63, 3.8) is 0 Å². The van der Waals surface area contributed by atoms with Crippen molar-refractivity contribution in [2.45, 2.75) is 0 Å². The van der Waals surface area contributed by atoms with Crippen LogP contribution in [0.5, 0.6) is 0 Å². The van der Waals surface area contributed by atoms with Crippen LogP contribution in [0.3, 0.4) is 0 Å². The first-order valence-corrected chi connectivity index (χ1v) is 14.5. The minimum Gasteiger partial charge on any atom is -0.478 e. The maximum atomic E-state index is 11.3. The minimum atomic E-state index is -0.911. The molecule has 0 spiro atoms. The quantitative estimate of drug-likeness (QED) is 0.144. The number of anilines is 5. The Morgan fingerprint density at radius 1 is 0.690 bits per heavy atom. The second-order valence-corrected chi connectivity index (χ2v) is 11.5. The third-order valence-corrected chi connectivity index (χ3v) is 8.32. The first-order chi connectivity index (χ1) is 20.2. The van der Waals surface area contributed by atoms with Gasteiger partial charge in [0.05, 0.1) is 5.56 Å². The zero-order valence-corrected chi connectivity index (χ0v) is 25.3. The number of allylic oxidation sites excluding steroid dienone is 2. The second kappa shape index (κ2) is 12.3. The largest absolute Gasteiger partial charge is 0.478 e. The van der Waals surface area contributed by atoms with Crippen LogP contribution in [0, 0.1) is 0 Å². The number of benzene rings is 4. The summed E-state index contributed by atoms with van der Waals surface area (Å²) in [4.78, 5) is 17.8. The summed E-state index contributed by atoms with van der Waals surface area (Å²) in [7, 11) is 10.2. The van der Waals surface area contributed by atoms with Gasteiger partial charge in [0.1, 0.15) is 11.7 Å². The van der Waals surface area contributed by atoms with Crippen molar-refractivity contribution in [1.82, 2.24) is 0 Å². The maximum absolute atomic E-state index is 11.3. The molecule has 0 radical (unpaired) electrons. The first kappa shape index (κ1) is 28.6. The third-order valence-electron chi connectivity index (χ3n) is 7.15. The molecule has 0 bridgehead atoms. The number of aryl methyl sites for hydroxylation is 1. The summed E-state index contributed by atoms with van der Waals surface area (Å²) in [6, 6.07) is 31.0. The van der Waals surface area contributed by atoms with Crippen molar-refractivity contribution in [3.05, 3.63) is 119 Å². The lowest BCUT2D eigenvalue weighted by atomic mass is 10.1. The van der Waals surface area contributed by atoms with Crippen LogP contribution in [-0.4, -0.2) is 39.3 Å². The van der Waals surface area contributed by atoms with Gasteiger partial charge in [0.25, 0.3) is 5.01 Å². The summed E-state index contributed by atoms with van der Waals surface area (Å²) >= 11 is 1.58. The molecular weight excluding hydrogens is 540 g/mol. The van der Waals surface area contributed by atoms with Gasteiger partial charge in [0.2, 0.25) is 5.52 Å². The fourth-order valence-electron chi connectivity index (χ4n) is 4.74. The Kier molecular flexibility index (Phi) is 8.41. The van der Waals surface area contributed by atoms with Crippen LogP contribution >= 0.6 is 11.3 Å². The normalized spacial score (nSPS) is 11.5. The highest BCUT2D eigenvalue weighted by molar-refractivity contribution is 7.18. The Morgan fingerprint density at radius 2 is 1.17 bits per heavy atom. The summed E-state index contributed by atoms with van der Waals surface area (Å²) in [6.07, 6.45) is 8.17. The molecule has 1 aromatic heterocycles. The van der Waals surface area contributed by atoms with Crippen molar-refractivity contribution in [1.29, 1.82) is 0 Å². The molecule has 5 rings (SSSR count). The van der Waals surface area contributed by atoms with Gasteiger partial charge in [-0.15, -0.1) is 0 Å². The topological polar surface area (TPSA) is 50.9 Å². The van der Waals surface area contributed by atoms with Gasteiger partial charge in [-0.25, -0.2) is 4.79 Å². The second-order valence-electron chi connectivity index (χ2n) is 10.5. The molecule has 7 heteroatoms. The Labute approximate surface area is 251 Å². The van der Waals surface area contributed by atoms with Crippen molar-refractivity contribution >= 4 is 68.1 Å². The van der Waals surface area contributed by atoms with E-state index in [0.717, 1.165) is 49.2 Å². The van der Waals surface area contributed by atoms with Gasteiger partial charge in [0.15, 0.2) is 0 Å². The number of hydrogen-bond donors (Lipinski definition) is 1. The standard InChI is InChI=1S/C35H34N4O2S/c1-36(2)27-15-19-30(20-16-27)39(31-21-17-28(18-22-31)37(3)4)29-13-10-25(11-14-29)8-6-7-9-34-38(5)32-23-12-26(35(40)41)24-33(32)42-34/h6-24H,1-5H3/p+1. The summed E-state index contributed by atoms with van der Waals surface area (Å²) in [5.74, 6) is -0.911. The monoisotopic (exact) mass is 575 g/mol. The molecule has 1 N–H and O–H groups in total. The summed E-state index contributed by atoms with van der Waals surface area (Å²) in [5.41, 5.74) is 8.00. The van der Waals surface area contributed by atoms with E-state index < -0.39 is 5.97 Å². The number of aromatic carboxylic acids is 1. The lowest BCUT2D eigenvalue weighted by molar-refractivity contribution is -0.642. The number of carboxylic acids is 1. The highest BCUT2D eigenvalue weighted by Gasteiger charge is 2.16. The third kappa shape index (κ3) is 6.21. The average Bonchev–Trinajstić information content (AvgIpc) is 3.31. The van der Waals surface area contributed by atoms with E-state index in [9.17, 15) is 9.90 Å². The number of aromatic nitrogens is 1. The zero-order chi connectivity index (χ0) is 29.8. The van der Waals surface area contributed by atoms with Crippen LogP contribution in [0.2, 0.25) is 0 Å². The van der Waals surface area contributed by atoms with Gasteiger partial charge in [-0.1, -0.05) is 41.7 Å². The fraction of sp³-hybridized carbons (Fsp3) is 0.143. The van der Waals surface area contributed by atoms with Crippen LogP contribution in [0.15, 0.2) is 103 Å². The van der Waals surface area contributed by atoms with Gasteiger partial charge in [-0.05, 0) is 78.4 Å². The first-order valence-electron chi connectivity index (χ1n) is 13.7. The van der Waals surface area contributed by atoms with Gasteiger partial charge < -0.3 is 19.8 Å². The number of rotatable bonds is 9. The van der Waals surface area contributed by atoms with E-state index in [0.29, 0.717) is 5.56 Å². The van der Waals surface area contributed by atoms with Crippen molar-refractivity contribution in [2.75, 3.05) is 42.9 Å². The molecule has 4 aromatic carbocycles. The number of thiazole rings is 1. The Balaban J connectivity index is 1.37. The van der Waals surface area contributed by atoms with Crippen molar-refractivity contribution in [3.8, 4) is 0 Å². The molecule has 0 aliphatic heterocycles. The molecule has 6 nitrogen and oxygen atoms in total. The molecule has 42 heavy (non-hydrogen) atoms. The number of carboxylic acid groups (broad SMARTS) is 1. The zero-order valence-electron chi connectivity index (χ0n) is 24.5. The van der Waals surface area contributed by atoms with Crippen LogP contribution in [0.4, 0.5) is 28.4 Å². The van der Waals surface area contributed by atoms with Crippen LogP contribution in [-0.2, 0) is 7.05 Å². The highest BCUT2D eigenvalue weighted by Crippen LogP contribution is 2.36. The number of hydrogen-bond acceptors (Lipinski definition) is 5. The van der Waals surface area contributed by atoms with E-state index in [1.165, 1.54) is 0 Å². The molecule has 0 aliphatic carbocycles. The molecule has 5 aromatic rings. The van der Waals surface area contributed by atoms with E-state index >= 15 is 0 Å². The number of nitrogens with zero attached hydrogens (tertiary/aromatic N) is 4. The molecule has 0 amide bonds. The van der Waals surface area contributed by atoms with E-state index in [1.807, 2.05) is 59.5 Å². The molecule has 0 aliphatic rings. The lowest BCUT2D eigenvalue weighted by Crippen LogP contribution is -2.28. The predicted molar refractivity (Wildman–Crippen MR) is 178 cm³/mol. The van der Waals surface area contributed by atoms with Gasteiger partial charge in [-0.3, -0.25) is 0 Å². The van der Waals surface area contributed by atoms with Gasteiger partial charge >= 0.3 is 5.97 Å². The smallest absolute Gasteiger partial charge is 0.335 e. The highest BCUT2D eigenvalue weighted by atomic mass is 32.1. The molecule has 0 atom stereocenters. The van der Waals surface area contributed by atoms with E-state index in [4.69, 9.17) is 0 Å². The Morgan fingerprint density at radius 3 is 1.67 bits per heavy atom. The van der Waals surface area contributed by atoms with E-state index in [1.54, 1.807) is 23.5 Å². The number of fused-ring (bicyclic) bond motifs is 1. The molecular formula is C35H35N4O2S+. The summed E-state index contributed by atoms with van der Waals surface area (Å²) < 4.78 is 3.03. The van der Waals surface area contributed by atoms with Crippen molar-refractivity contribution in [2.24, 2.45) is 7.05 Å². The van der Waals surface area contributed by atoms with Gasteiger partial charge in [-0.2, -0.15) is 4.57 Å². The van der Waals surface area contributed by atoms with Crippen LogP contribution in [0.25, 0.3) is 22.4 Å². The molecule has 212 valence electrons. The average molecular weight is 576 g/mol. The molecule has 0 saturated carbocycles. The van der Waals surface area contributed by atoms with Gasteiger partial charge in [0, 0.05) is 68.8 Å². The predicted octanol–water partition coefficient (Wildman–Crippen LogP) is 7.75. The number of carbonyl (C=O) groups is 1.